The van der Waals surface area contributed by atoms with E-state index in [9.17, 15) is 9.70 Å². The highest BCUT2D eigenvalue weighted by atomic mass is 16.5. The van der Waals surface area contributed by atoms with Gasteiger partial charge in [-0.25, -0.2) is 0 Å². The van der Waals surface area contributed by atoms with E-state index in [2.05, 4.69) is 22.2 Å². The molecule has 0 aliphatic carbocycles. The van der Waals surface area contributed by atoms with Gasteiger partial charge in [0.1, 0.15) is 0 Å². The summed E-state index contributed by atoms with van der Waals surface area (Å²) in [6.45, 7) is 4.77. The average molecular weight is 290 g/mol. The van der Waals surface area contributed by atoms with E-state index in [0.717, 1.165) is 19.5 Å². The third-order valence-corrected chi connectivity index (χ3v) is 3.99. The van der Waals surface area contributed by atoms with Gasteiger partial charge < -0.3 is 4.74 Å². The van der Waals surface area contributed by atoms with Gasteiger partial charge in [-0.2, -0.15) is 4.91 Å². The molecular weight excluding hydrogens is 268 g/mol. The number of nitroso groups, excluding NO2 is 1. The molecule has 0 aromatic heterocycles. The summed E-state index contributed by atoms with van der Waals surface area (Å²) in [7, 11) is 0. The number of carbonyl (C=O) groups is 1. The van der Waals surface area contributed by atoms with Crippen LogP contribution in [0.15, 0.2) is 35.5 Å². The number of rotatable bonds is 7. The van der Waals surface area contributed by atoms with Crippen molar-refractivity contribution in [2.45, 2.75) is 26.3 Å². The van der Waals surface area contributed by atoms with Crippen molar-refractivity contribution in [1.82, 2.24) is 4.90 Å². The summed E-state index contributed by atoms with van der Waals surface area (Å²) in [6, 6.07) is 10.2. The van der Waals surface area contributed by atoms with Crippen LogP contribution in [0.1, 0.15) is 25.3 Å². The summed E-state index contributed by atoms with van der Waals surface area (Å²) in [4.78, 5) is 24.8. The Morgan fingerprint density at radius 1 is 1.38 bits per heavy atom. The van der Waals surface area contributed by atoms with Crippen LogP contribution in [0.2, 0.25) is 0 Å². The Hall–Kier alpha value is -1.75. The van der Waals surface area contributed by atoms with Gasteiger partial charge in [0, 0.05) is 18.5 Å². The minimum atomic E-state index is -0.358. The Labute approximate surface area is 125 Å². The summed E-state index contributed by atoms with van der Waals surface area (Å²) in [5.41, 5.74) is 0.881. The van der Waals surface area contributed by atoms with Crippen LogP contribution in [-0.4, -0.2) is 37.1 Å². The molecule has 1 aliphatic heterocycles. The van der Waals surface area contributed by atoms with Crippen molar-refractivity contribution < 1.29 is 9.53 Å². The molecule has 0 saturated carbocycles. The molecule has 1 aromatic rings. The summed E-state index contributed by atoms with van der Waals surface area (Å²) >= 11 is 0. The second-order valence-electron chi connectivity index (χ2n) is 5.72. The molecule has 21 heavy (non-hydrogen) atoms. The number of nitrogens with zero attached hydrogens (tertiary/aromatic N) is 2. The molecule has 1 unspecified atom stereocenters. The second-order valence-corrected chi connectivity index (χ2v) is 5.72. The molecule has 1 aliphatic rings. The van der Waals surface area contributed by atoms with Crippen LogP contribution in [0.5, 0.6) is 0 Å². The molecule has 0 spiro atoms. The number of benzene rings is 1. The minimum absolute atomic E-state index is 0.178. The zero-order chi connectivity index (χ0) is 15.1. The summed E-state index contributed by atoms with van der Waals surface area (Å²) in [6.07, 6.45) is 1.09. The third-order valence-electron chi connectivity index (χ3n) is 3.99. The van der Waals surface area contributed by atoms with Crippen molar-refractivity contribution in [2.75, 3.05) is 26.2 Å². The number of likely N-dealkylation sites (tertiary alicyclic amines) is 1. The fourth-order valence-electron chi connectivity index (χ4n) is 2.99. The van der Waals surface area contributed by atoms with Gasteiger partial charge in [0.2, 0.25) is 0 Å². The van der Waals surface area contributed by atoms with E-state index in [4.69, 9.17) is 4.74 Å². The molecule has 1 saturated heterocycles. The number of hydrogen-bond acceptors (Lipinski definition) is 5. The van der Waals surface area contributed by atoms with Gasteiger partial charge in [0.25, 0.3) is 0 Å². The molecule has 1 atom stereocenters. The topological polar surface area (TPSA) is 59.0 Å². The first kappa shape index (κ1) is 15.6. The highest BCUT2D eigenvalue weighted by Crippen LogP contribution is 2.35. The van der Waals surface area contributed by atoms with Gasteiger partial charge in [0.15, 0.2) is 0 Å². The first-order chi connectivity index (χ1) is 10.2. The molecule has 2 rings (SSSR count). The van der Waals surface area contributed by atoms with E-state index < -0.39 is 0 Å². The molecule has 1 heterocycles. The highest BCUT2D eigenvalue weighted by Gasteiger charge is 2.40. The monoisotopic (exact) mass is 290 g/mol. The SMILES string of the molecule is CCOC(=O)CC1(CN=O)CCN(Cc2ccccc2)C1. The van der Waals surface area contributed by atoms with Crippen molar-refractivity contribution in [3.8, 4) is 0 Å². The first-order valence-corrected chi connectivity index (χ1v) is 7.38. The molecule has 0 N–H and O–H groups in total. The largest absolute Gasteiger partial charge is 0.466 e. The maximum absolute atomic E-state index is 11.8. The molecule has 5 heteroatoms. The van der Waals surface area contributed by atoms with Gasteiger partial charge >= 0.3 is 5.97 Å². The van der Waals surface area contributed by atoms with Crippen LogP contribution in [0.4, 0.5) is 0 Å². The fraction of sp³-hybridized carbons (Fsp3) is 0.562. The standard InChI is InChI=1S/C16H22N2O3/c1-2-21-15(19)10-16(12-17-20)8-9-18(13-16)11-14-6-4-3-5-7-14/h3-7H,2,8-13H2,1H3. The van der Waals surface area contributed by atoms with Crippen LogP contribution in [0, 0.1) is 10.3 Å². The molecule has 114 valence electrons. The Kier molecular flexibility index (Phi) is 5.44. The Morgan fingerprint density at radius 2 is 2.14 bits per heavy atom. The fourth-order valence-corrected chi connectivity index (χ4v) is 2.99. The predicted octanol–water partition coefficient (Wildman–Crippen LogP) is 2.60. The lowest BCUT2D eigenvalue weighted by atomic mass is 9.83. The van der Waals surface area contributed by atoms with Gasteiger partial charge in [0.05, 0.1) is 19.6 Å². The van der Waals surface area contributed by atoms with Crippen molar-refractivity contribution in [1.29, 1.82) is 0 Å². The maximum atomic E-state index is 11.8. The van der Waals surface area contributed by atoms with E-state index >= 15 is 0 Å². The van der Waals surface area contributed by atoms with Gasteiger partial charge in [-0.05, 0) is 25.5 Å². The van der Waals surface area contributed by atoms with Gasteiger partial charge in [-0.3, -0.25) is 9.69 Å². The van der Waals surface area contributed by atoms with Crippen molar-refractivity contribution in [2.24, 2.45) is 10.6 Å². The minimum Gasteiger partial charge on any atom is -0.466 e. The second kappa shape index (κ2) is 7.31. The van der Waals surface area contributed by atoms with Crippen LogP contribution in [0.3, 0.4) is 0 Å². The van der Waals surface area contributed by atoms with Crippen LogP contribution in [-0.2, 0) is 16.1 Å². The average Bonchev–Trinajstić information content (AvgIpc) is 2.83. The van der Waals surface area contributed by atoms with Crippen LogP contribution >= 0.6 is 0 Å². The molecule has 1 aromatic carbocycles. The molecule has 0 amide bonds. The highest BCUT2D eigenvalue weighted by molar-refractivity contribution is 5.70. The molecule has 1 fully saturated rings. The van der Waals surface area contributed by atoms with E-state index in [1.54, 1.807) is 6.92 Å². The predicted molar refractivity (Wildman–Crippen MR) is 80.7 cm³/mol. The molecule has 0 radical (unpaired) electrons. The van der Waals surface area contributed by atoms with Crippen LogP contribution in [0.25, 0.3) is 0 Å². The molecular formula is C16H22N2O3. The summed E-state index contributed by atoms with van der Waals surface area (Å²) < 4.78 is 5.03. The first-order valence-electron chi connectivity index (χ1n) is 7.38. The number of hydrogen-bond donors (Lipinski definition) is 0. The smallest absolute Gasteiger partial charge is 0.306 e. The zero-order valence-corrected chi connectivity index (χ0v) is 12.5. The van der Waals surface area contributed by atoms with Gasteiger partial charge in [-0.1, -0.05) is 35.5 Å². The normalized spacial score (nSPS) is 22.1. The lowest BCUT2D eigenvalue weighted by molar-refractivity contribution is -0.145. The Bertz CT molecular complexity index is 478. The Balaban J connectivity index is 1.97. The van der Waals surface area contributed by atoms with Gasteiger partial charge in [-0.15, -0.1) is 0 Å². The Morgan fingerprint density at radius 3 is 2.81 bits per heavy atom. The number of esters is 1. The number of ether oxygens (including phenoxy) is 1. The van der Waals surface area contributed by atoms with Crippen molar-refractivity contribution >= 4 is 5.97 Å². The number of carbonyl (C=O) groups excluding carboxylic acids is 1. The maximum Gasteiger partial charge on any atom is 0.306 e. The third kappa shape index (κ3) is 4.36. The van der Waals surface area contributed by atoms with E-state index in [-0.39, 0.29) is 24.3 Å². The molecule has 5 nitrogen and oxygen atoms in total. The van der Waals surface area contributed by atoms with Crippen LogP contribution < -0.4 is 0 Å². The van der Waals surface area contributed by atoms with E-state index in [0.29, 0.717) is 13.2 Å². The van der Waals surface area contributed by atoms with E-state index in [1.807, 2.05) is 18.2 Å². The molecule has 0 bridgehead atoms. The summed E-state index contributed by atoms with van der Waals surface area (Å²) in [5, 5.41) is 3.06. The zero-order valence-electron chi connectivity index (χ0n) is 12.5. The van der Waals surface area contributed by atoms with Crippen molar-refractivity contribution in [3.05, 3.63) is 40.8 Å². The quantitative estimate of drug-likeness (QED) is 0.572. The summed E-state index contributed by atoms with van der Waals surface area (Å²) in [5.74, 6) is -0.234. The lowest BCUT2D eigenvalue weighted by Gasteiger charge is -2.25. The lowest BCUT2D eigenvalue weighted by Crippen LogP contribution is -2.32. The van der Waals surface area contributed by atoms with E-state index in [1.165, 1.54) is 5.56 Å². The van der Waals surface area contributed by atoms with Crippen molar-refractivity contribution in [3.63, 3.8) is 0 Å².